The average molecular weight is 450 g/mol. The number of carbonyl (C=O) groups excluding carboxylic acids is 1. The number of carbonyl (C=O) groups is 1. The Morgan fingerprint density at radius 3 is 2.53 bits per heavy atom. The molecule has 0 aliphatic carbocycles. The van der Waals surface area contributed by atoms with E-state index < -0.39 is 6.04 Å². The molecule has 2 aliphatic rings. The van der Waals surface area contributed by atoms with Gasteiger partial charge in [0.2, 0.25) is 5.91 Å². The summed E-state index contributed by atoms with van der Waals surface area (Å²) in [5.74, 6) is -0.531. The van der Waals surface area contributed by atoms with E-state index in [1.54, 1.807) is 16.7 Å². The zero-order valence-electron chi connectivity index (χ0n) is 17.4. The van der Waals surface area contributed by atoms with Crippen molar-refractivity contribution in [2.45, 2.75) is 25.2 Å². The lowest BCUT2D eigenvalue weighted by Crippen LogP contribution is -2.45. The van der Waals surface area contributed by atoms with E-state index in [1.807, 2.05) is 60.7 Å². The number of likely N-dealkylation sites (tertiary alicyclic amines) is 1. The van der Waals surface area contributed by atoms with Crippen LogP contribution in [0.5, 0.6) is 0 Å². The number of pyridine rings is 1. The van der Waals surface area contributed by atoms with Crippen molar-refractivity contribution in [1.82, 2.24) is 9.47 Å². The third kappa shape index (κ3) is 3.54. The zero-order valence-corrected chi connectivity index (χ0v) is 18.2. The number of aliphatic hydroxyl groups is 1. The van der Waals surface area contributed by atoms with Crippen molar-refractivity contribution in [3.05, 3.63) is 99.4 Å². The number of halogens is 1. The van der Waals surface area contributed by atoms with Gasteiger partial charge in [-0.3, -0.25) is 14.5 Å². The van der Waals surface area contributed by atoms with Crippen LogP contribution in [0.3, 0.4) is 0 Å². The van der Waals surface area contributed by atoms with Gasteiger partial charge in [0.05, 0.1) is 12.1 Å². The highest BCUT2D eigenvalue weighted by molar-refractivity contribution is 6.31. The second kappa shape index (κ2) is 8.54. The highest BCUT2D eigenvalue weighted by Gasteiger charge is 2.55. The van der Waals surface area contributed by atoms with Crippen LogP contribution in [0.1, 0.15) is 17.3 Å². The number of nitrogens with zero attached hydrogens (tertiary/aromatic N) is 2. The Morgan fingerprint density at radius 2 is 1.78 bits per heavy atom. The number of rotatable bonds is 5. The number of nitrogens with one attached hydrogen (secondary N) is 1. The first-order valence-electron chi connectivity index (χ1n) is 10.7. The van der Waals surface area contributed by atoms with Gasteiger partial charge in [0.15, 0.2) is 0 Å². The van der Waals surface area contributed by atoms with Crippen LogP contribution < -0.4 is 10.9 Å². The Morgan fingerprint density at radius 1 is 1.03 bits per heavy atom. The van der Waals surface area contributed by atoms with Gasteiger partial charge in [0.1, 0.15) is 0 Å². The van der Waals surface area contributed by atoms with Gasteiger partial charge in [-0.1, -0.05) is 54.1 Å². The molecule has 3 heterocycles. The second-order valence-corrected chi connectivity index (χ2v) is 8.83. The van der Waals surface area contributed by atoms with E-state index in [0.717, 1.165) is 11.3 Å². The van der Waals surface area contributed by atoms with Crippen molar-refractivity contribution in [1.29, 1.82) is 0 Å². The predicted octanol–water partition coefficient (Wildman–Crippen LogP) is 3.30. The van der Waals surface area contributed by atoms with E-state index >= 15 is 0 Å². The van der Waals surface area contributed by atoms with E-state index in [4.69, 9.17) is 11.6 Å². The molecule has 4 atom stereocenters. The van der Waals surface area contributed by atoms with Gasteiger partial charge < -0.3 is 15.0 Å². The number of aliphatic hydroxyl groups excluding tert-OH is 1. The van der Waals surface area contributed by atoms with Crippen LogP contribution in [0, 0.1) is 11.8 Å². The number of fused-ring (bicyclic) bond motifs is 3. The summed E-state index contributed by atoms with van der Waals surface area (Å²) in [5, 5.41) is 14.0. The summed E-state index contributed by atoms with van der Waals surface area (Å²) in [6, 6.07) is 21.4. The molecule has 0 radical (unpaired) electrons. The van der Waals surface area contributed by atoms with Gasteiger partial charge in [0.25, 0.3) is 5.56 Å². The first-order chi connectivity index (χ1) is 15.6. The van der Waals surface area contributed by atoms with Gasteiger partial charge >= 0.3 is 0 Å². The fraction of sp³-hybridized carbons (Fsp3) is 0.280. The molecule has 32 heavy (non-hydrogen) atoms. The van der Waals surface area contributed by atoms with Crippen molar-refractivity contribution in [3.63, 3.8) is 0 Å². The van der Waals surface area contributed by atoms with E-state index in [1.165, 1.54) is 0 Å². The summed E-state index contributed by atoms with van der Waals surface area (Å²) >= 11 is 6.47. The lowest BCUT2D eigenvalue weighted by atomic mass is 9.88. The predicted molar refractivity (Wildman–Crippen MR) is 123 cm³/mol. The van der Waals surface area contributed by atoms with Crippen molar-refractivity contribution in [2.24, 2.45) is 11.8 Å². The topological polar surface area (TPSA) is 74.6 Å². The van der Waals surface area contributed by atoms with Crippen molar-refractivity contribution >= 4 is 23.2 Å². The monoisotopic (exact) mass is 449 g/mol. The third-order valence-corrected chi connectivity index (χ3v) is 7.06. The van der Waals surface area contributed by atoms with E-state index in [9.17, 15) is 14.7 Å². The Balaban J connectivity index is 1.57. The number of amides is 1. The highest BCUT2D eigenvalue weighted by Crippen LogP contribution is 2.50. The highest BCUT2D eigenvalue weighted by atomic mass is 35.5. The summed E-state index contributed by atoms with van der Waals surface area (Å²) < 4.78 is 1.77. The number of benzene rings is 2. The molecule has 0 spiro atoms. The Bertz CT molecular complexity index is 1200. The van der Waals surface area contributed by atoms with Gasteiger partial charge in [-0.15, -0.1) is 0 Å². The third-order valence-electron chi connectivity index (χ3n) is 6.69. The van der Waals surface area contributed by atoms with Crippen LogP contribution in [0.25, 0.3) is 0 Å². The molecule has 2 aromatic carbocycles. The van der Waals surface area contributed by atoms with Crippen LogP contribution in [0.2, 0.25) is 5.02 Å². The Hall–Kier alpha value is -2.93. The molecule has 7 heteroatoms. The summed E-state index contributed by atoms with van der Waals surface area (Å²) in [4.78, 5) is 28.1. The lowest BCUT2D eigenvalue weighted by Gasteiger charge is -2.31. The van der Waals surface area contributed by atoms with Gasteiger partial charge in [-0.05, 0) is 29.8 Å². The molecule has 164 valence electrons. The summed E-state index contributed by atoms with van der Waals surface area (Å²) in [7, 11) is 0. The number of aromatic nitrogens is 1. The summed E-state index contributed by atoms with van der Waals surface area (Å²) in [5.41, 5.74) is 2.43. The molecule has 2 N–H and O–H groups in total. The minimum absolute atomic E-state index is 0.0517. The standard InChI is InChI=1S/C25H24ClN3O3/c26-20-10-5-4-7-16(20)13-29-23-18(14-28-21(23)11-6-12-22(28)31)19(15-30)24(29)25(32)27-17-8-2-1-3-9-17/h1-12,18-19,23-24,30H,13-15H2,(H,27,32)/t18-,19-,23+,24-/m0/s1. The van der Waals surface area contributed by atoms with E-state index in [2.05, 4.69) is 10.2 Å². The minimum atomic E-state index is -0.560. The molecular formula is C25H24ClN3O3. The second-order valence-electron chi connectivity index (χ2n) is 8.42. The summed E-state index contributed by atoms with van der Waals surface area (Å²) in [6.45, 7) is 0.780. The molecule has 5 rings (SSSR count). The molecule has 1 aromatic heterocycles. The molecule has 2 aliphatic heterocycles. The zero-order chi connectivity index (χ0) is 22.2. The normalized spacial score (nSPS) is 24.2. The van der Waals surface area contributed by atoms with Crippen LogP contribution in [-0.4, -0.2) is 33.1 Å². The minimum Gasteiger partial charge on any atom is -0.396 e. The Labute approximate surface area is 191 Å². The van der Waals surface area contributed by atoms with Crippen LogP contribution in [-0.2, 0) is 17.9 Å². The lowest BCUT2D eigenvalue weighted by molar-refractivity contribution is -0.122. The molecule has 0 unspecified atom stereocenters. The maximum Gasteiger partial charge on any atom is 0.250 e. The van der Waals surface area contributed by atoms with Crippen LogP contribution in [0.15, 0.2) is 77.6 Å². The quantitative estimate of drug-likeness (QED) is 0.626. The Kier molecular flexibility index (Phi) is 5.59. The first kappa shape index (κ1) is 20.9. The van der Waals surface area contributed by atoms with Gasteiger partial charge in [-0.2, -0.15) is 0 Å². The number of anilines is 1. The van der Waals surface area contributed by atoms with Crippen molar-refractivity contribution in [2.75, 3.05) is 11.9 Å². The van der Waals surface area contributed by atoms with Gasteiger partial charge in [0, 0.05) is 54.0 Å². The molecule has 0 bridgehead atoms. The summed E-state index contributed by atoms with van der Waals surface area (Å²) in [6.07, 6.45) is 0. The molecule has 1 fully saturated rings. The van der Waals surface area contributed by atoms with Gasteiger partial charge in [-0.25, -0.2) is 0 Å². The van der Waals surface area contributed by atoms with Crippen molar-refractivity contribution in [3.8, 4) is 0 Å². The fourth-order valence-corrected chi connectivity index (χ4v) is 5.49. The smallest absolute Gasteiger partial charge is 0.250 e. The van der Waals surface area contributed by atoms with Crippen LogP contribution >= 0.6 is 11.6 Å². The molecular weight excluding hydrogens is 426 g/mol. The van der Waals surface area contributed by atoms with E-state index in [0.29, 0.717) is 23.8 Å². The fourth-order valence-electron chi connectivity index (χ4n) is 5.30. The molecule has 3 aromatic rings. The first-order valence-corrected chi connectivity index (χ1v) is 11.1. The maximum absolute atomic E-state index is 13.5. The number of para-hydroxylation sites is 1. The number of hydrogen-bond acceptors (Lipinski definition) is 4. The largest absolute Gasteiger partial charge is 0.396 e. The van der Waals surface area contributed by atoms with Crippen LogP contribution in [0.4, 0.5) is 5.69 Å². The van der Waals surface area contributed by atoms with Crippen molar-refractivity contribution < 1.29 is 9.90 Å². The average Bonchev–Trinajstić information content (AvgIpc) is 3.32. The molecule has 0 saturated carbocycles. The maximum atomic E-state index is 13.5. The van der Waals surface area contributed by atoms with E-state index in [-0.39, 0.29) is 36.0 Å². The SMILES string of the molecule is O=C(Nc1ccccc1)[C@@H]1[C@@H](CO)[C@@H]2Cn3c(cccc3=O)[C@@H]2N1Cc1ccccc1Cl. The molecule has 6 nitrogen and oxygen atoms in total. The molecule has 1 amide bonds. The molecule has 1 saturated heterocycles. The number of hydrogen-bond donors (Lipinski definition) is 2.